The second kappa shape index (κ2) is 5.42. The zero-order chi connectivity index (χ0) is 17.1. The zero-order valence-corrected chi connectivity index (χ0v) is 14.8. The Morgan fingerprint density at radius 2 is 1.64 bits per heavy atom. The molecule has 0 spiro atoms. The number of nitrogens with zero attached hydrogens (tertiary/aromatic N) is 2. The summed E-state index contributed by atoms with van der Waals surface area (Å²) in [5.74, 6) is 0.782. The summed E-state index contributed by atoms with van der Waals surface area (Å²) in [5.41, 5.74) is 0.723. The van der Waals surface area contributed by atoms with Gasteiger partial charge in [0.25, 0.3) is 11.8 Å². The van der Waals surface area contributed by atoms with Crippen molar-refractivity contribution in [2.24, 2.45) is 28.8 Å². The molecule has 25 heavy (non-hydrogen) atoms. The highest BCUT2D eigenvalue weighted by atomic mass is 79.9. The summed E-state index contributed by atoms with van der Waals surface area (Å²) in [6.45, 7) is 0.185. The van der Waals surface area contributed by atoms with E-state index in [4.69, 9.17) is 9.47 Å². The molecule has 4 atom stereocenters. The van der Waals surface area contributed by atoms with Crippen LogP contribution in [0, 0.1) is 23.7 Å². The van der Waals surface area contributed by atoms with Gasteiger partial charge in [0.15, 0.2) is 11.5 Å². The van der Waals surface area contributed by atoms with Crippen LogP contribution in [-0.2, 0) is 9.59 Å². The van der Waals surface area contributed by atoms with Crippen molar-refractivity contribution in [1.29, 1.82) is 0 Å². The number of halogens is 1. The van der Waals surface area contributed by atoms with Gasteiger partial charge in [-0.3, -0.25) is 9.59 Å². The van der Waals surface area contributed by atoms with Crippen LogP contribution in [0.2, 0.25) is 0 Å². The second-order valence-corrected chi connectivity index (χ2v) is 7.66. The lowest BCUT2D eigenvalue weighted by Crippen LogP contribution is -2.38. The van der Waals surface area contributed by atoms with E-state index < -0.39 is 0 Å². The Kier molecular flexibility index (Phi) is 3.28. The molecule has 2 aliphatic heterocycles. The lowest BCUT2D eigenvalue weighted by molar-refractivity contribution is -0.140. The number of hydrazone groups is 1. The smallest absolute Gasteiger partial charge is 0.254 e. The summed E-state index contributed by atoms with van der Waals surface area (Å²) in [7, 11) is 0. The molecule has 1 aromatic rings. The quantitative estimate of drug-likeness (QED) is 0.433. The molecule has 2 bridgehead atoms. The number of imide groups is 1. The number of hydrogen-bond acceptors (Lipinski definition) is 5. The van der Waals surface area contributed by atoms with Gasteiger partial charge in [0.2, 0.25) is 6.79 Å². The second-order valence-electron chi connectivity index (χ2n) is 6.80. The van der Waals surface area contributed by atoms with Crippen LogP contribution >= 0.6 is 15.9 Å². The standard InChI is InChI=1S/C18H15BrN2O4/c19-12-6-14-13(24-8-25-14)5-11(12)7-20-21-17(22)15-9-1-2-10(4-3-9)16(15)18(21)23/h1-2,5-7,9-10,15-16H,3-4,8H2/b20-7-/t9-,10-,15-,16-/m0/s1. The van der Waals surface area contributed by atoms with Gasteiger partial charge in [0.05, 0.1) is 18.1 Å². The molecule has 2 fully saturated rings. The van der Waals surface area contributed by atoms with Crippen LogP contribution in [-0.4, -0.2) is 29.8 Å². The molecular weight excluding hydrogens is 388 g/mol. The average Bonchev–Trinajstić information content (AvgIpc) is 3.18. The van der Waals surface area contributed by atoms with Crippen LogP contribution < -0.4 is 9.47 Å². The van der Waals surface area contributed by atoms with E-state index >= 15 is 0 Å². The Labute approximate surface area is 152 Å². The summed E-state index contributed by atoms with van der Waals surface area (Å²) in [4.78, 5) is 25.5. The molecule has 7 heteroatoms. The Bertz CT molecular complexity index is 818. The molecule has 0 aromatic heterocycles. The van der Waals surface area contributed by atoms with E-state index in [1.54, 1.807) is 12.1 Å². The SMILES string of the molecule is O=C1[C@@H]2[C@@H](C(=O)N1/N=C\c1cc3c(cc1Br)OCO3)[C@H]1C=C[C@H]2CC1. The largest absolute Gasteiger partial charge is 0.454 e. The van der Waals surface area contributed by atoms with E-state index in [1.807, 2.05) is 0 Å². The normalized spacial score (nSPS) is 32.1. The molecule has 2 amide bonds. The van der Waals surface area contributed by atoms with E-state index in [-0.39, 0.29) is 42.3 Å². The fraction of sp³-hybridized carbons (Fsp3) is 0.389. The molecule has 0 N–H and O–H groups in total. The summed E-state index contributed by atoms with van der Waals surface area (Å²) >= 11 is 3.45. The number of benzene rings is 1. The molecule has 0 radical (unpaired) electrons. The van der Waals surface area contributed by atoms with Crippen LogP contribution in [0.25, 0.3) is 0 Å². The lowest BCUT2D eigenvalue weighted by Gasteiger charge is -2.37. The van der Waals surface area contributed by atoms with Crippen molar-refractivity contribution in [2.75, 3.05) is 6.79 Å². The Morgan fingerprint density at radius 3 is 2.24 bits per heavy atom. The maximum atomic E-state index is 12.7. The topological polar surface area (TPSA) is 68.2 Å². The van der Waals surface area contributed by atoms with Gasteiger partial charge in [-0.15, -0.1) is 0 Å². The molecule has 6 nitrogen and oxygen atoms in total. The molecule has 1 saturated carbocycles. The summed E-state index contributed by atoms with van der Waals surface area (Å²) < 4.78 is 11.4. The molecule has 128 valence electrons. The molecular formula is C18H15BrN2O4. The molecule has 1 saturated heterocycles. The third-order valence-electron chi connectivity index (χ3n) is 5.54. The van der Waals surface area contributed by atoms with Crippen molar-refractivity contribution in [3.05, 3.63) is 34.3 Å². The van der Waals surface area contributed by atoms with Gasteiger partial charge in [-0.2, -0.15) is 10.1 Å². The number of hydrogen-bond donors (Lipinski definition) is 0. The number of carbonyl (C=O) groups is 2. The van der Waals surface area contributed by atoms with Crippen LogP contribution in [0.4, 0.5) is 0 Å². The van der Waals surface area contributed by atoms with Gasteiger partial charge < -0.3 is 9.47 Å². The highest BCUT2D eigenvalue weighted by Gasteiger charge is 2.56. The maximum absolute atomic E-state index is 12.7. The number of fused-ring (bicyclic) bond motifs is 2. The zero-order valence-electron chi connectivity index (χ0n) is 13.2. The van der Waals surface area contributed by atoms with Crippen LogP contribution in [0.1, 0.15) is 18.4 Å². The summed E-state index contributed by atoms with van der Waals surface area (Å²) in [5, 5.41) is 5.28. The molecule has 5 aliphatic rings. The molecule has 0 unspecified atom stereocenters. The summed E-state index contributed by atoms with van der Waals surface area (Å²) in [6, 6.07) is 3.57. The maximum Gasteiger partial charge on any atom is 0.254 e. The highest BCUT2D eigenvalue weighted by Crippen LogP contribution is 2.49. The van der Waals surface area contributed by atoms with Gasteiger partial charge in [-0.05, 0) is 52.7 Å². The fourth-order valence-corrected chi connectivity index (χ4v) is 4.75. The van der Waals surface area contributed by atoms with E-state index in [9.17, 15) is 9.59 Å². The van der Waals surface area contributed by atoms with Gasteiger partial charge >= 0.3 is 0 Å². The predicted octanol–water partition coefficient (Wildman–Crippen LogP) is 2.71. The number of ether oxygens (including phenoxy) is 2. The van der Waals surface area contributed by atoms with Gasteiger partial charge in [0, 0.05) is 10.0 Å². The molecule has 3 aliphatic carbocycles. The van der Waals surface area contributed by atoms with Crippen molar-refractivity contribution in [3.63, 3.8) is 0 Å². The fourth-order valence-electron chi connectivity index (χ4n) is 4.32. The van der Waals surface area contributed by atoms with Crippen LogP contribution in [0.5, 0.6) is 11.5 Å². The van der Waals surface area contributed by atoms with Crippen LogP contribution in [0.15, 0.2) is 33.9 Å². The monoisotopic (exact) mass is 402 g/mol. The van der Waals surface area contributed by atoms with Crippen LogP contribution in [0.3, 0.4) is 0 Å². The van der Waals surface area contributed by atoms with E-state index in [1.165, 1.54) is 6.21 Å². The number of allylic oxidation sites excluding steroid dienone is 2. The van der Waals surface area contributed by atoms with Crippen molar-refractivity contribution >= 4 is 34.0 Å². The first-order valence-electron chi connectivity index (χ1n) is 8.33. The minimum atomic E-state index is -0.242. The first-order chi connectivity index (χ1) is 12.1. The number of amides is 2. The third kappa shape index (κ3) is 2.18. The van der Waals surface area contributed by atoms with Gasteiger partial charge in [-0.25, -0.2) is 0 Å². The van der Waals surface area contributed by atoms with Gasteiger partial charge in [0.1, 0.15) is 0 Å². The highest BCUT2D eigenvalue weighted by molar-refractivity contribution is 9.10. The Balaban J connectivity index is 1.44. The first-order valence-corrected chi connectivity index (χ1v) is 9.12. The minimum Gasteiger partial charge on any atom is -0.454 e. The predicted molar refractivity (Wildman–Crippen MR) is 92.0 cm³/mol. The molecule has 6 rings (SSSR count). The summed E-state index contributed by atoms with van der Waals surface area (Å²) in [6.07, 6.45) is 7.68. The first kappa shape index (κ1) is 15.1. The van der Waals surface area contributed by atoms with Crippen molar-refractivity contribution in [2.45, 2.75) is 12.8 Å². The number of rotatable bonds is 2. The van der Waals surface area contributed by atoms with E-state index in [0.29, 0.717) is 11.5 Å². The number of carbonyl (C=O) groups excluding carboxylic acids is 2. The van der Waals surface area contributed by atoms with E-state index in [2.05, 4.69) is 33.2 Å². The lowest BCUT2D eigenvalue weighted by atomic mass is 9.63. The van der Waals surface area contributed by atoms with Crippen molar-refractivity contribution < 1.29 is 19.1 Å². The Morgan fingerprint density at radius 1 is 1.04 bits per heavy atom. The third-order valence-corrected chi connectivity index (χ3v) is 6.23. The molecule has 2 heterocycles. The van der Waals surface area contributed by atoms with Crippen molar-refractivity contribution in [1.82, 2.24) is 5.01 Å². The molecule has 1 aromatic carbocycles. The van der Waals surface area contributed by atoms with Gasteiger partial charge in [-0.1, -0.05) is 12.2 Å². The van der Waals surface area contributed by atoms with E-state index in [0.717, 1.165) is 27.9 Å². The van der Waals surface area contributed by atoms with Crippen molar-refractivity contribution in [3.8, 4) is 11.5 Å². The average molecular weight is 403 g/mol. The minimum absolute atomic E-state index is 0.170. The Hall–Kier alpha value is -2.15.